The van der Waals surface area contributed by atoms with Gasteiger partial charge in [0.15, 0.2) is 12.2 Å². The highest BCUT2D eigenvalue weighted by atomic mass is 31.2. The molecule has 0 aliphatic heterocycles. The summed E-state index contributed by atoms with van der Waals surface area (Å²) in [5.41, 5.74) is 0. The van der Waals surface area contributed by atoms with Gasteiger partial charge in [0, 0.05) is 25.7 Å². The maximum absolute atomic E-state index is 13.0. The van der Waals surface area contributed by atoms with Gasteiger partial charge in [-0.15, -0.1) is 0 Å². The SMILES string of the molecule is CCCCCCCCCCCCCCCCCC(=O)O[C@H](COC(=O)CCCCCCCCCCC(C)CC)COP(=O)(O)OC[C@@H](O)COP(=O)(O)OC[C@@H](COC(=O)CCCCCCCCC(C)C)OC(=O)CCCCCCCCCCC(C)CC. The Bertz CT molecular complexity index is 1740. The van der Waals surface area contributed by atoms with Gasteiger partial charge >= 0.3 is 39.5 Å². The summed E-state index contributed by atoms with van der Waals surface area (Å²) >= 11 is 0. The van der Waals surface area contributed by atoms with E-state index in [2.05, 4.69) is 48.5 Å². The molecule has 0 amide bonds. The minimum atomic E-state index is -4.95. The number of rotatable bonds is 67. The maximum Gasteiger partial charge on any atom is 0.472 e. The fourth-order valence-electron chi connectivity index (χ4n) is 10.3. The topological polar surface area (TPSA) is 237 Å². The molecule has 0 heterocycles. The number of phosphoric acid groups is 2. The van der Waals surface area contributed by atoms with Crippen LogP contribution >= 0.6 is 15.6 Å². The van der Waals surface area contributed by atoms with Gasteiger partial charge in [0.1, 0.15) is 19.3 Å². The van der Waals surface area contributed by atoms with Crippen molar-refractivity contribution in [3.05, 3.63) is 0 Å². The molecule has 0 radical (unpaired) electrons. The van der Waals surface area contributed by atoms with Crippen molar-refractivity contribution >= 4 is 39.5 Å². The van der Waals surface area contributed by atoms with E-state index in [-0.39, 0.29) is 25.7 Å². The van der Waals surface area contributed by atoms with Crippen molar-refractivity contribution in [3.8, 4) is 0 Å². The molecule has 0 aromatic carbocycles. The quantitative estimate of drug-likeness (QED) is 0.0222. The van der Waals surface area contributed by atoms with E-state index in [4.69, 9.17) is 37.0 Å². The number of hydrogen-bond acceptors (Lipinski definition) is 15. The highest BCUT2D eigenvalue weighted by molar-refractivity contribution is 7.47. The first-order valence-electron chi connectivity index (χ1n) is 35.9. The summed E-state index contributed by atoms with van der Waals surface area (Å²) in [5, 5.41) is 10.6. The second-order valence-corrected chi connectivity index (χ2v) is 28.8. The molecule has 0 saturated heterocycles. The predicted octanol–water partition coefficient (Wildman–Crippen LogP) is 19.5. The first-order valence-corrected chi connectivity index (χ1v) is 38.9. The van der Waals surface area contributed by atoms with E-state index in [1.54, 1.807) is 0 Å². The van der Waals surface area contributed by atoms with Crippen LogP contribution in [0.25, 0.3) is 0 Å². The monoisotopic (exact) mass is 1300 g/mol. The molecule has 0 aromatic rings. The Morgan fingerprint density at radius 1 is 0.330 bits per heavy atom. The molecule has 7 atom stereocenters. The van der Waals surface area contributed by atoms with Gasteiger partial charge in [-0.2, -0.15) is 0 Å². The van der Waals surface area contributed by atoms with Crippen LogP contribution in [0, 0.1) is 17.8 Å². The third-order valence-electron chi connectivity index (χ3n) is 16.6. The highest BCUT2D eigenvalue weighted by Gasteiger charge is 2.30. The van der Waals surface area contributed by atoms with Crippen molar-refractivity contribution in [1.29, 1.82) is 0 Å². The smallest absolute Gasteiger partial charge is 0.462 e. The molecule has 0 aliphatic rings. The minimum Gasteiger partial charge on any atom is -0.462 e. The zero-order valence-corrected chi connectivity index (χ0v) is 59.0. The van der Waals surface area contributed by atoms with Crippen molar-refractivity contribution < 1.29 is 80.2 Å². The summed E-state index contributed by atoms with van der Waals surface area (Å²) in [5.74, 6) is 0.0962. The van der Waals surface area contributed by atoms with Crippen LogP contribution in [0.3, 0.4) is 0 Å². The number of unbranched alkanes of at least 4 members (excludes halogenated alkanes) is 33. The van der Waals surface area contributed by atoms with Crippen LogP contribution in [-0.2, 0) is 65.4 Å². The van der Waals surface area contributed by atoms with Gasteiger partial charge in [-0.25, -0.2) is 9.13 Å². The van der Waals surface area contributed by atoms with E-state index in [0.717, 1.165) is 108 Å². The Morgan fingerprint density at radius 3 is 0.864 bits per heavy atom. The summed E-state index contributed by atoms with van der Waals surface area (Å²) < 4.78 is 68.2. The van der Waals surface area contributed by atoms with Crippen molar-refractivity contribution in [2.24, 2.45) is 17.8 Å². The number of phosphoric ester groups is 2. The van der Waals surface area contributed by atoms with Gasteiger partial charge in [-0.05, 0) is 43.4 Å². The lowest BCUT2D eigenvalue weighted by atomic mass is 9.99. The molecule has 88 heavy (non-hydrogen) atoms. The normalized spacial score (nSPS) is 14.9. The van der Waals surface area contributed by atoms with Crippen LogP contribution in [0.5, 0.6) is 0 Å². The molecule has 0 aliphatic carbocycles. The molecule has 0 spiro atoms. The first-order chi connectivity index (χ1) is 42.3. The lowest BCUT2D eigenvalue weighted by Gasteiger charge is -2.21. The molecular weight excluding hydrogens is 1160 g/mol. The van der Waals surface area contributed by atoms with Crippen LogP contribution in [0.15, 0.2) is 0 Å². The van der Waals surface area contributed by atoms with Crippen molar-refractivity contribution in [2.75, 3.05) is 39.6 Å². The molecule has 0 bridgehead atoms. The van der Waals surface area contributed by atoms with E-state index in [0.29, 0.717) is 31.6 Å². The van der Waals surface area contributed by atoms with Gasteiger partial charge < -0.3 is 33.8 Å². The maximum atomic E-state index is 13.0. The van der Waals surface area contributed by atoms with Crippen molar-refractivity contribution in [3.63, 3.8) is 0 Å². The Balaban J connectivity index is 5.26. The molecule has 0 saturated carbocycles. The average Bonchev–Trinajstić information content (AvgIpc) is 3.69. The van der Waals surface area contributed by atoms with E-state index >= 15 is 0 Å². The third-order valence-corrected chi connectivity index (χ3v) is 18.5. The molecule has 17 nitrogen and oxygen atoms in total. The highest BCUT2D eigenvalue weighted by Crippen LogP contribution is 2.45. The third kappa shape index (κ3) is 60.3. The number of carbonyl (C=O) groups excluding carboxylic acids is 4. The number of aliphatic hydroxyl groups excluding tert-OH is 1. The lowest BCUT2D eigenvalue weighted by molar-refractivity contribution is -0.161. The molecule has 3 N–H and O–H groups in total. The average molecular weight is 1300 g/mol. The second kappa shape index (κ2) is 60.0. The standard InChI is InChI=1S/C69H134O17P2/c1-8-11-12-13-14-15-16-17-18-19-20-21-29-38-45-52-68(73)85-64(56-79-66(71)50-43-36-28-24-22-26-34-41-48-61(6)9-2)58-83-87(75,76)81-54-63(70)55-82-88(77,78)84-59-65(57-80-67(72)51-44-37-32-31-33-40-47-60(4)5)86-69(74)53-46-39-30-25-23-27-35-42-49-62(7)10-3/h60-65,70H,8-59H2,1-7H3,(H,75,76)(H,77,78)/t61?,62?,63-,64-,65-/m1/s1. The number of hydrogen-bond donors (Lipinski definition) is 3. The van der Waals surface area contributed by atoms with Gasteiger partial charge in [0.25, 0.3) is 0 Å². The first kappa shape index (κ1) is 86.1. The Hall–Kier alpha value is -1.94. The minimum absolute atomic E-state index is 0.104. The number of aliphatic hydroxyl groups is 1. The van der Waals surface area contributed by atoms with E-state index < -0.39 is 97.5 Å². The number of esters is 4. The molecule has 0 aromatic heterocycles. The largest absolute Gasteiger partial charge is 0.472 e. The van der Waals surface area contributed by atoms with E-state index in [9.17, 15) is 43.2 Å². The van der Waals surface area contributed by atoms with Crippen LogP contribution in [0.4, 0.5) is 0 Å². The lowest BCUT2D eigenvalue weighted by Crippen LogP contribution is -2.30. The molecular formula is C69H134O17P2. The molecule has 0 rings (SSSR count). The van der Waals surface area contributed by atoms with E-state index in [1.807, 2.05) is 0 Å². The zero-order valence-electron chi connectivity index (χ0n) is 57.2. The predicted molar refractivity (Wildman–Crippen MR) is 354 cm³/mol. The Morgan fingerprint density at radius 2 is 0.580 bits per heavy atom. The van der Waals surface area contributed by atoms with Crippen LogP contribution < -0.4 is 0 Å². The molecule has 522 valence electrons. The van der Waals surface area contributed by atoms with Gasteiger partial charge in [-0.3, -0.25) is 37.3 Å². The summed E-state index contributed by atoms with van der Waals surface area (Å²) in [6, 6.07) is 0. The van der Waals surface area contributed by atoms with Crippen LogP contribution in [-0.4, -0.2) is 96.7 Å². The fourth-order valence-corrected chi connectivity index (χ4v) is 11.9. The van der Waals surface area contributed by atoms with Crippen LogP contribution in [0.1, 0.15) is 344 Å². The van der Waals surface area contributed by atoms with Crippen LogP contribution in [0.2, 0.25) is 0 Å². The zero-order chi connectivity index (χ0) is 65.2. The Kier molecular flexibility index (Phi) is 58.7. The second-order valence-electron chi connectivity index (χ2n) is 25.9. The molecule has 0 fully saturated rings. The van der Waals surface area contributed by atoms with Crippen molar-refractivity contribution in [1.82, 2.24) is 0 Å². The van der Waals surface area contributed by atoms with E-state index in [1.165, 1.54) is 148 Å². The van der Waals surface area contributed by atoms with Gasteiger partial charge in [-0.1, -0.05) is 292 Å². The summed E-state index contributed by atoms with van der Waals surface area (Å²) in [6.07, 6.45) is 43.1. The summed E-state index contributed by atoms with van der Waals surface area (Å²) in [6.45, 7) is 11.8. The number of ether oxygens (including phenoxy) is 4. The summed E-state index contributed by atoms with van der Waals surface area (Å²) in [4.78, 5) is 72.5. The summed E-state index contributed by atoms with van der Waals surface area (Å²) in [7, 11) is -9.90. The van der Waals surface area contributed by atoms with Crippen molar-refractivity contribution in [2.45, 2.75) is 362 Å². The number of carbonyl (C=O) groups is 4. The molecule has 19 heteroatoms. The van der Waals surface area contributed by atoms with Gasteiger partial charge in [0.2, 0.25) is 0 Å². The molecule has 4 unspecified atom stereocenters. The van der Waals surface area contributed by atoms with Gasteiger partial charge in [0.05, 0.1) is 26.4 Å². The fraction of sp³-hybridized carbons (Fsp3) is 0.942. The Labute approximate surface area is 537 Å².